The van der Waals surface area contributed by atoms with E-state index in [9.17, 15) is 4.21 Å². The van der Waals surface area contributed by atoms with Gasteiger partial charge >= 0.3 is 0 Å². The maximum atomic E-state index is 11.5. The molecule has 1 saturated carbocycles. The molecule has 1 fully saturated rings. The summed E-state index contributed by atoms with van der Waals surface area (Å²) in [6.45, 7) is 3.83. The Kier molecular flexibility index (Phi) is 3.89. The lowest BCUT2D eigenvalue weighted by atomic mass is 10.1. The van der Waals surface area contributed by atoms with Gasteiger partial charge in [0, 0.05) is 11.3 Å². The number of hydrogen-bond donors (Lipinski definition) is 1. The summed E-state index contributed by atoms with van der Waals surface area (Å²) in [6.07, 6.45) is 3.01. The van der Waals surface area contributed by atoms with E-state index in [1.165, 1.54) is 0 Å². The fourth-order valence-corrected chi connectivity index (χ4v) is 2.39. The van der Waals surface area contributed by atoms with Gasteiger partial charge in [-0.25, -0.2) is 8.93 Å². The first-order valence-corrected chi connectivity index (χ1v) is 5.92. The molecule has 0 bridgehead atoms. The van der Waals surface area contributed by atoms with Crippen molar-refractivity contribution >= 4 is 11.0 Å². The van der Waals surface area contributed by atoms with Crippen molar-refractivity contribution in [2.45, 2.75) is 44.4 Å². The van der Waals surface area contributed by atoms with E-state index in [-0.39, 0.29) is 17.2 Å². The average Bonchev–Trinajstić information content (AvgIpc) is 2.51. The van der Waals surface area contributed by atoms with Gasteiger partial charge in [0.2, 0.25) is 0 Å². The maximum absolute atomic E-state index is 11.5. The lowest BCUT2D eigenvalue weighted by Gasteiger charge is -2.16. The Balaban J connectivity index is 2.45. The molecule has 0 amide bonds. The smallest absolute Gasteiger partial charge is 0.0944 e. The van der Waals surface area contributed by atoms with Crippen molar-refractivity contribution in [1.82, 2.24) is 4.72 Å². The zero-order valence-electron chi connectivity index (χ0n) is 8.12. The van der Waals surface area contributed by atoms with Gasteiger partial charge in [0.1, 0.15) is 0 Å². The van der Waals surface area contributed by atoms with Crippen molar-refractivity contribution in [2.24, 2.45) is 5.92 Å². The molecule has 0 saturated heterocycles. The molecule has 13 heavy (non-hydrogen) atoms. The molecule has 0 spiro atoms. The van der Waals surface area contributed by atoms with Crippen LogP contribution in [-0.2, 0) is 11.0 Å². The molecule has 0 heterocycles. The molecule has 3 nitrogen and oxygen atoms in total. The van der Waals surface area contributed by atoms with Crippen molar-refractivity contribution in [1.29, 1.82) is 5.26 Å². The third-order valence-corrected chi connectivity index (χ3v) is 3.77. The van der Waals surface area contributed by atoms with Crippen molar-refractivity contribution in [2.75, 3.05) is 0 Å². The quantitative estimate of drug-likeness (QED) is 0.747. The second-order valence-electron chi connectivity index (χ2n) is 3.74. The van der Waals surface area contributed by atoms with E-state index >= 15 is 0 Å². The monoisotopic (exact) mass is 200 g/mol. The molecule has 0 aliphatic heterocycles. The van der Waals surface area contributed by atoms with Crippen molar-refractivity contribution in [3.05, 3.63) is 0 Å². The fourth-order valence-electron chi connectivity index (χ4n) is 1.54. The highest BCUT2D eigenvalue weighted by Gasteiger charge is 2.28. The predicted molar refractivity (Wildman–Crippen MR) is 53.2 cm³/mol. The number of nitrogens with one attached hydrogen (secondary N) is 1. The topological polar surface area (TPSA) is 52.9 Å². The van der Waals surface area contributed by atoms with Gasteiger partial charge in [0.15, 0.2) is 0 Å². The highest BCUT2D eigenvalue weighted by Crippen LogP contribution is 2.25. The molecule has 0 aromatic heterocycles. The summed E-state index contributed by atoms with van der Waals surface area (Å²) in [5, 5.41) is 8.92. The number of nitrogens with zero attached hydrogens (tertiary/aromatic N) is 1. The first-order valence-electron chi connectivity index (χ1n) is 4.71. The molecule has 0 radical (unpaired) electrons. The average molecular weight is 200 g/mol. The van der Waals surface area contributed by atoms with E-state index in [1.807, 2.05) is 13.8 Å². The summed E-state index contributed by atoms with van der Waals surface area (Å²) in [5.41, 5.74) is 0. The van der Waals surface area contributed by atoms with Crippen LogP contribution in [0, 0.1) is 17.2 Å². The van der Waals surface area contributed by atoms with Gasteiger partial charge < -0.3 is 0 Å². The van der Waals surface area contributed by atoms with Crippen LogP contribution < -0.4 is 4.72 Å². The molecule has 1 aliphatic rings. The molecule has 3 unspecified atom stereocenters. The summed E-state index contributed by atoms with van der Waals surface area (Å²) < 4.78 is 14.5. The second-order valence-corrected chi connectivity index (χ2v) is 5.51. The van der Waals surface area contributed by atoms with E-state index in [0.29, 0.717) is 0 Å². The molecule has 4 heteroatoms. The minimum atomic E-state index is -0.985. The summed E-state index contributed by atoms with van der Waals surface area (Å²) in [6, 6.07) is 2.41. The summed E-state index contributed by atoms with van der Waals surface area (Å²) in [4.78, 5) is 0. The van der Waals surface area contributed by atoms with Gasteiger partial charge in [0.05, 0.1) is 23.0 Å². The van der Waals surface area contributed by atoms with Crippen LogP contribution in [0.4, 0.5) is 0 Å². The van der Waals surface area contributed by atoms with E-state index < -0.39 is 11.0 Å². The number of rotatable bonds is 3. The normalized spacial score (nSPS) is 30.3. The van der Waals surface area contributed by atoms with Crippen LogP contribution in [0.2, 0.25) is 0 Å². The van der Waals surface area contributed by atoms with Crippen LogP contribution in [0.5, 0.6) is 0 Å². The van der Waals surface area contributed by atoms with Crippen LogP contribution >= 0.6 is 0 Å². The van der Waals surface area contributed by atoms with Gasteiger partial charge in [-0.05, 0) is 26.7 Å². The Morgan fingerprint density at radius 1 is 1.54 bits per heavy atom. The van der Waals surface area contributed by atoms with Crippen LogP contribution in [0.1, 0.15) is 33.1 Å². The van der Waals surface area contributed by atoms with Crippen LogP contribution in [0.25, 0.3) is 0 Å². The zero-order valence-corrected chi connectivity index (χ0v) is 8.93. The third kappa shape index (κ3) is 2.78. The highest BCUT2D eigenvalue weighted by molar-refractivity contribution is 7.83. The SMILES string of the molecule is CC(C)S(=O)NC1CCCC1C#N. The molecule has 0 aromatic rings. The van der Waals surface area contributed by atoms with Crippen molar-refractivity contribution in [3.8, 4) is 6.07 Å². The maximum Gasteiger partial charge on any atom is 0.0944 e. The largest absolute Gasteiger partial charge is 0.243 e. The minimum absolute atomic E-state index is 0.0581. The third-order valence-electron chi connectivity index (χ3n) is 2.38. The van der Waals surface area contributed by atoms with Crippen molar-refractivity contribution < 1.29 is 4.21 Å². The minimum Gasteiger partial charge on any atom is -0.243 e. The van der Waals surface area contributed by atoms with Gasteiger partial charge in [-0.2, -0.15) is 5.26 Å². The van der Waals surface area contributed by atoms with E-state index in [4.69, 9.17) is 5.26 Å². The number of nitriles is 1. The zero-order chi connectivity index (χ0) is 9.84. The second kappa shape index (κ2) is 4.73. The van der Waals surface area contributed by atoms with Crippen LogP contribution in [0.15, 0.2) is 0 Å². The Bertz CT molecular complexity index is 234. The molecule has 0 aromatic carbocycles. The summed E-state index contributed by atoms with van der Waals surface area (Å²) in [5.74, 6) is 0.0581. The van der Waals surface area contributed by atoms with E-state index in [0.717, 1.165) is 19.3 Å². The highest BCUT2D eigenvalue weighted by atomic mass is 32.2. The van der Waals surface area contributed by atoms with Crippen LogP contribution in [0.3, 0.4) is 0 Å². The molecule has 3 atom stereocenters. The Hall–Kier alpha value is -0.400. The predicted octanol–water partition coefficient (Wildman–Crippen LogP) is 1.34. The molecule has 74 valence electrons. The molecule has 1 rings (SSSR count). The summed E-state index contributed by atoms with van der Waals surface area (Å²) in [7, 11) is -0.985. The molecular weight excluding hydrogens is 184 g/mol. The van der Waals surface area contributed by atoms with Gasteiger partial charge in [-0.3, -0.25) is 0 Å². The first-order chi connectivity index (χ1) is 6.15. The van der Waals surface area contributed by atoms with E-state index in [2.05, 4.69) is 10.8 Å². The first kappa shape index (κ1) is 10.7. The number of hydrogen-bond acceptors (Lipinski definition) is 2. The molecule has 1 N–H and O–H groups in total. The van der Waals surface area contributed by atoms with E-state index in [1.54, 1.807) is 0 Å². The lowest BCUT2D eigenvalue weighted by molar-refractivity contribution is 0.543. The standard InChI is InChI=1S/C9H16N2OS/c1-7(2)13(12)11-9-5-3-4-8(9)6-10/h7-9,11H,3-5H2,1-2H3. The molecule has 1 aliphatic carbocycles. The Morgan fingerprint density at radius 3 is 2.77 bits per heavy atom. The fraction of sp³-hybridized carbons (Fsp3) is 0.889. The molecular formula is C9H16N2OS. The van der Waals surface area contributed by atoms with Crippen LogP contribution in [-0.4, -0.2) is 15.5 Å². The Morgan fingerprint density at radius 2 is 2.23 bits per heavy atom. The van der Waals surface area contributed by atoms with Gasteiger partial charge in [-0.1, -0.05) is 6.42 Å². The van der Waals surface area contributed by atoms with Crippen molar-refractivity contribution in [3.63, 3.8) is 0 Å². The summed E-state index contributed by atoms with van der Waals surface area (Å²) >= 11 is 0. The van der Waals surface area contributed by atoms with Gasteiger partial charge in [-0.15, -0.1) is 0 Å². The van der Waals surface area contributed by atoms with Gasteiger partial charge in [0.25, 0.3) is 0 Å². The lowest BCUT2D eigenvalue weighted by Crippen LogP contribution is -2.36. The Labute approximate surface area is 82.1 Å².